The van der Waals surface area contributed by atoms with Crippen LogP contribution in [-0.4, -0.2) is 22.0 Å². The van der Waals surface area contributed by atoms with E-state index in [1.807, 2.05) is 38.1 Å². The lowest BCUT2D eigenvalue weighted by atomic mass is 10.0. The molecule has 0 radical (unpaired) electrons. The normalized spacial score (nSPS) is 11.0. The van der Waals surface area contributed by atoms with Gasteiger partial charge in [-0.25, -0.2) is 0 Å². The van der Waals surface area contributed by atoms with Gasteiger partial charge in [0.2, 0.25) is 16.9 Å². The molecule has 0 atom stereocenters. The smallest absolute Gasteiger partial charge is 0.226 e. The molecule has 0 saturated carbocycles. The fourth-order valence-corrected chi connectivity index (χ4v) is 2.86. The average molecular weight is 360 g/mol. The number of carbonyl (C=O) groups excluding carboxylic acids is 2. The van der Waals surface area contributed by atoms with Crippen LogP contribution in [0.15, 0.2) is 24.3 Å². The molecule has 0 fully saturated rings. The van der Waals surface area contributed by atoms with Crippen molar-refractivity contribution >= 4 is 34.0 Å². The molecular formula is C18H24N4O2S. The van der Waals surface area contributed by atoms with Crippen molar-refractivity contribution in [1.82, 2.24) is 10.2 Å². The molecule has 0 aliphatic heterocycles. The summed E-state index contributed by atoms with van der Waals surface area (Å²) < 4.78 is 0. The molecule has 2 N–H and O–H groups in total. The summed E-state index contributed by atoms with van der Waals surface area (Å²) in [7, 11) is 0. The minimum absolute atomic E-state index is 0.104. The molecule has 0 aliphatic carbocycles. The van der Waals surface area contributed by atoms with E-state index in [9.17, 15) is 9.59 Å². The largest absolute Gasteiger partial charge is 0.326 e. The van der Waals surface area contributed by atoms with Crippen molar-refractivity contribution in [3.8, 4) is 0 Å². The lowest BCUT2D eigenvalue weighted by Gasteiger charge is -2.08. The molecule has 0 unspecified atom stereocenters. The maximum absolute atomic E-state index is 12.0. The van der Waals surface area contributed by atoms with Crippen LogP contribution in [-0.2, 0) is 9.59 Å². The molecule has 1 aromatic carbocycles. The lowest BCUT2D eigenvalue weighted by Crippen LogP contribution is -2.17. The monoisotopic (exact) mass is 360 g/mol. The van der Waals surface area contributed by atoms with E-state index in [2.05, 4.69) is 34.7 Å². The summed E-state index contributed by atoms with van der Waals surface area (Å²) in [5.74, 6) is 0.297. The van der Waals surface area contributed by atoms with Crippen LogP contribution in [0.1, 0.15) is 62.9 Å². The Hall–Kier alpha value is -2.28. The lowest BCUT2D eigenvalue weighted by molar-refractivity contribution is -0.121. The van der Waals surface area contributed by atoms with E-state index in [-0.39, 0.29) is 30.6 Å². The third kappa shape index (κ3) is 5.94. The summed E-state index contributed by atoms with van der Waals surface area (Å²) in [6.07, 6.45) is 0.222. The van der Waals surface area contributed by atoms with Gasteiger partial charge in [-0.2, -0.15) is 0 Å². The highest BCUT2D eigenvalue weighted by Crippen LogP contribution is 2.22. The van der Waals surface area contributed by atoms with E-state index >= 15 is 0 Å². The Morgan fingerprint density at radius 1 is 0.920 bits per heavy atom. The highest BCUT2D eigenvalue weighted by Gasteiger charge is 2.12. The number of hydrogen-bond donors (Lipinski definition) is 2. The molecule has 6 nitrogen and oxygen atoms in total. The molecule has 134 valence electrons. The van der Waals surface area contributed by atoms with E-state index in [1.54, 1.807) is 0 Å². The predicted octanol–water partition coefficient (Wildman–Crippen LogP) is 4.14. The zero-order chi connectivity index (χ0) is 18.4. The number of amides is 2. The molecule has 0 saturated heterocycles. The first kappa shape index (κ1) is 19.1. The molecule has 1 heterocycles. The van der Waals surface area contributed by atoms with E-state index in [1.165, 1.54) is 16.9 Å². The fraction of sp³-hybridized carbons (Fsp3) is 0.444. The number of nitrogens with one attached hydrogen (secondary N) is 2. The molecule has 0 bridgehead atoms. The van der Waals surface area contributed by atoms with Crippen molar-refractivity contribution in [3.63, 3.8) is 0 Å². The minimum atomic E-state index is -0.239. The molecule has 0 aliphatic rings. The number of benzene rings is 1. The van der Waals surface area contributed by atoms with Crippen molar-refractivity contribution in [2.45, 2.75) is 52.4 Å². The second kappa shape index (κ2) is 8.71. The van der Waals surface area contributed by atoms with Gasteiger partial charge in [0.15, 0.2) is 0 Å². The maximum atomic E-state index is 12.0. The van der Waals surface area contributed by atoms with Gasteiger partial charge in [-0.3, -0.25) is 9.59 Å². The molecule has 25 heavy (non-hydrogen) atoms. The maximum Gasteiger partial charge on any atom is 0.226 e. The summed E-state index contributed by atoms with van der Waals surface area (Å²) in [6.45, 7) is 8.27. The second-order valence-electron chi connectivity index (χ2n) is 6.47. The quantitative estimate of drug-likeness (QED) is 0.777. The fourth-order valence-electron chi connectivity index (χ4n) is 2.10. The molecular weight excluding hydrogens is 336 g/mol. The van der Waals surface area contributed by atoms with Gasteiger partial charge in [0.05, 0.1) is 0 Å². The first-order valence-corrected chi connectivity index (χ1v) is 9.20. The number of anilines is 2. The Morgan fingerprint density at radius 2 is 1.52 bits per heavy atom. The number of rotatable bonds is 7. The Balaban J connectivity index is 1.77. The number of nitrogens with zero attached hydrogens (tertiary/aromatic N) is 2. The topological polar surface area (TPSA) is 84.0 Å². The Kier molecular flexibility index (Phi) is 6.64. The average Bonchev–Trinajstić information content (AvgIpc) is 3.02. The summed E-state index contributed by atoms with van der Waals surface area (Å²) >= 11 is 1.36. The van der Waals surface area contributed by atoms with E-state index < -0.39 is 0 Å². The summed E-state index contributed by atoms with van der Waals surface area (Å²) in [5.41, 5.74) is 1.95. The Bertz CT molecular complexity index is 723. The van der Waals surface area contributed by atoms with Gasteiger partial charge >= 0.3 is 0 Å². The predicted molar refractivity (Wildman–Crippen MR) is 101 cm³/mol. The molecule has 2 amide bonds. The van der Waals surface area contributed by atoms with Crippen LogP contribution in [0.5, 0.6) is 0 Å². The van der Waals surface area contributed by atoms with Crippen molar-refractivity contribution in [2.75, 3.05) is 10.6 Å². The molecule has 2 rings (SSSR count). The van der Waals surface area contributed by atoms with Crippen LogP contribution in [0.3, 0.4) is 0 Å². The zero-order valence-electron chi connectivity index (χ0n) is 15.0. The number of carbonyl (C=O) groups is 2. The van der Waals surface area contributed by atoms with Gasteiger partial charge in [0, 0.05) is 24.4 Å². The van der Waals surface area contributed by atoms with Gasteiger partial charge in [-0.15, -0.1) is 10.2 Å². The number of aromatic nitrogens is 2. The summed E-state index contributed by atoms with van der Waals surface area (Å²) in [5, 5.41) is 14.8. The highest BCUT2D eigenvalue weighted by molar-refractivity contribution is 7.15. The third-order valence-electron chi connectivity index (χ3n) is 3.62. The Morgan fingerprint density at radius 3 is 2.04 bits per heavy atom. The summed E-state index contributed by atoms with van der Waals surface area (Å²) in [4.78, 5) is 23.9. The van der Waals surface area contributed by atoms with Crippen LogP contribution < -0.4 is 10.6 Å². The van der Waals surface area contributed by atoms with Crippen molar-refractivity contribution < 1.29 is 9.59 Å². The van der Waals surface area contributed by atoms with Crippen LogP contribution in [0, 0.1) is 0 Å². The van der Waals surface area contributed by atoms with E-state index in [0.29, 0.717) is 11.0 Å². The van der Waals surface area contributed by atoms with Gasteiger partial charge in [0.25, 0.3) is 0 Å². The standard InChI is InChI=1S/C18H24N4O2S/c1-11(2)13-5-7-14(8-6-13)19-15(23)9-10-16(24)20-18-22-21-17(25-18)12(3)4/h5-8,11-12H,9-10H2,1-4H3,(H,19,23)(H,20,22,24). The SMILES string of the molecule is CC(C)c1ccc(NC(=O)CCC(=O)Nc2nnc(C(C)C)s2)cc1. The first-order valence-electron chi connectivity index (χ1n) is 8.38. The van der Waals surface area contributed by atoms with Crippen LogP contribution >= 0.6 is 11.3 Å². The van der Waals surface area contributed by atoms with Crippen molar-refractivity contribution in [3.05, 3.63) is 34.8 Å². The van der Waals surface area contributed by atoms with Gasteiger partial charge in [0.1, 0.15) is 5.01 Å². The van der Waals surface area contributed by atoms with Crippen molar-refractivity contribution in [1.29, 1.82) is 0 Å². The van der Waals surface area contributed by atoms with Gasteiger partial charge < -0.3 is 10.6 Å². The van der Waals surface area contributed by atoms with Gasteiger partial charge in [-0.1, -0.05) is 51.2 Å². The first-order chi connectivity index (χ1) is 11.8. The molecule has 2 aromatic rings. The van der Waals surface area contributed by atoms with E-state index in [4.69, 9.17) is 0 Å². The van der Waals surface area contributed by atoms with Crippen LogP contribution in [0.25, 0.3) is 0 Å². The summed E-state index contributed by atoms with van der Waals surface area (Å²) in [6, 6.07) is 7.74. The number of hydrogen-bond acceptors (Lipinski definition) is 5. The van der Waals surface area contributed by atoms with Gasteiger partial charge in [-0.05, 0) is 23.6 Å². The molecule has 7 heteroatoms. The van der Waals surface area contributed by atoms with Crippen LogP contribution in [0.2, 0.25) is 0 Å². The van der Waals surface area contributed by atoms with E-state index in [0.717, 1.165) is 10.7 Å². The van der Waals surface area contributed by atoms with Crippen molar-refractivity contribution in [2.24, 2.45) is 0 Å². The highest BCUT2D eigenvalue weighted by atomic mass is 32.1. The zero-order valence-corrected chi connectivity index (χ0v) is 15.8. The minimum Gasteiger partial charge on any atom is -0.326 e. The van der Waals surface area contributed by atoms with Crippen LogP contribution in [0.4, 0.5) is 10.8 Å². The molecule has 0 spiro atoms. The molecule has 1 aromatic heterocycles. The third-order valence-corrected chi connectivity index (χ3v) is 4.76. The Labute approximate surface area is 152 Å². The second-order valence-corrected chi connectivity index (χ2v) is 7.48.